The highest BCUT2D eigenvalue weighted by atomic mass is 16.3. The summed E-state index contributed by atoms with van der Waals surface area (Å²) in [6.07, 6.45) is 3.60. The van der Waals surface area contributed by atoms with Crippen LogP contribution in [0.5, 0.6) is 0 Å². The summed E-state index contributed by atoms with van der Waals surface area (Å²) in [6, 6.07) is 21.0. The molecule has 0 aliphatic heterocycles. The number of para-hydroxylation sites is 2. The summed E-state index contributed by atoms with van der Waals surface area (Å²) in [6.45, 7) is 1.64. The molecule has 27 heavy (non-hydrogen) atoms. The van der Waals surface area contributed by atoms with Crippen LogP contribution in [0.1, 0.15) is 17.4 Å². The SMILES string of the molecule is CN(C)C(CNCc1ccc(-n2cnc3ccccc32)cc1)c1ccco1. The van der Waals surface area contributed by atoms with Gasteiger partial charge in [-0.15, -0.1) is 0 Å². The molecule has 4 aromatic rings. The fourth-order valence-corrected chi connectivity index (χ4v) is 3.31. The fraction of sp³-hybridized carbons (Fsp3) is 0.227. The van der Waals surface area contributed by atoms with Gasteiger partial charge in [-0.2, -0.15) is 0 Å². The number of furan rings is 1. The van der Waals surface area contributed by atoms with E-state index in [0.29, 0.717) is 0 Å². The molecule has 2 aromatic carbocycles. The first-order valence-electron chi connectivity index (χ1n) is 9.14. The summed E-state index contributed by atoms with van der Waals surface area (Å²) in [5.74, 6) is 0.981. The summed E-state index contributed by atoms with van der Waals surface area (Å²) in [5.41, 5.74) is 4.50. The number of hydrogen-bond donors (Lipinski definition) is 1. The van der Waals surface area contributed by atoms with E-state index in [0.717, 1.165) is 35.6 Å². The summed E-state index contributed by atoms with van der Waals surface area (Å²) in [5, 5.41) is 3.53. The zero-order valence-corrected chi connectivity index (χ0v) is 15.7. The van der Waals surface area contributed by atoms with Crippen LogP contribution in [0.3, 0.4) is 0 Å². The lowest BCUT2D eigenvalue weighted by Crippen LogP contribution is -2.30. The molecule has 4 rings (SSSR count). The zero-order valence-electron chi connectivity index (χ0n) is 15.7. The number of benzene rings is 2. The molecule has 0 saturated heterocycles. The van der Waals surface area contributed by atoms with E-state index in [1.807, 2.05) is 36.7 Å². The maximum atomic E-state index is 5.56. The van der Waals surface area contributed by atoms with Crippen molar-refractivity contribution in [1.29, 1.82) is 0 Å². The molecule has 0 bridgehead atoms. The van der Waals surface area contributed by atoms with Crippen LogP contribution >= 0.6 is 0 Å². The second kappa shape index (κ2) is 7.78. The molecule has 0 aliphatic carbocycles. The molecule has 5 heteroatoms. The molecule has 1 N–H and O–H groups in total. The molecule has 138 valence electrons. The highest BCUT2D eigenvalue weighted by molar-refractivity contribution is 5.77. The van der Waals surface area contributed by atoms with E-state index in [1.165, 1.54) is 5.56 Å². The Morgan fingerprint density at radius 1 is 1.04 bits per heavy atom. The summed E-state index contributed by atoms with van der Waals surface area (Å²) >= 11 is 0. The molecular formula is C22H24N4O. The molecular weight excluding hydrogens is 336 g/mol. The predicted molar refractivity (Wildman–Crippen MR) is 108 cm³/mol. The van der Waals surface area contributed by atoms with Crippen LogP contribution < -0.4 is 5.32 Å². The van der Waals surface area contributed by atoms with Gasteiger partial charge >= 0.3 is 0 Å². The van der Waals surface area contributed by atoms with E-state index in [4.69, 9.17) is 4.42 Å². The van der Waals surface area contributed by atoms with Gasteiger partial charge in [-0.05, 0) is 56.1 Å². The van der Waals surface area contributed by atoms with Crippen LogP contribution in [0.2, 0.25) is 0 Å². The van der Waals surface area contributed by atoms with E-state index >= 15 is 0 Å². The quantitative estimate of drug-likeness (QED) is 0.541. The van der Waals surface area contributed by atoms with Gasteiger partial charge in [0, 0.05) is 18.8 Å². The van der Waals surface area contributed by atoms with Gasteiger partial charge in [0.2, 0.25) is 0 Å². The van der Waals surface area contributed by atoms with Gasteiger partial charge in [-0.25, -0.2) is 4.98 Å². The van der Waals surface area contributed by atoms with Crippen LogP contribution in [-0.2, 0) is 6.54 Å². The van der Waals surface area contributed by atoms with Gasteiger partial charge in [0.25, 0.3) is 0 Å². The van der Waals surface area contributed by atoms with Gasteiger partial charge in [0.1, 0.15) is 12.1 Å². The van der Waals surface area contributed by atoms with Crippen LogP contribution in [-0.4, -0.2) is 35.1 Å². The summed E-state index contributed by atoms with van der Waals surface area (Å²) in [7, 11) is 4.14. The lowest BCUT2D eigenvalue weighted by molar-refractivity contribution is 0.250. The monoisotopic (exact) mass is 360 g/mol. The lowest BCUT2D eigenvalue weighted by atomic mass is 10.1. The fourth-order valence-electron chi connectivity index (χ4n) is 3.31. The maximum absolute atomic E-state index is 5.56. The molecule has 1 unspecified atom stereocenters. The van der Waals surface area contributed by atoms with E-state index < -0.39 is 0 Å². The predicted octanol–water partition coefficient (Wildman–Crippen LogP) is 4.01. The molecule has 0 saturated carbocycles. The van der Waals surface area contributed by atoms with Gasteiger partial charge in [0.05, 0.1) is 23.3 Å². The topological polar surface area (TPSA) is 46.2 Å². The summed E-state index contributed by atoms with van der Waals surface area (Å²) in [4.78, 5) is 6.63. The number of nitrogens with zero attached hydrogens (tertiary/aromatic N) is 3. The smallest absolute Gasteiger partial charge is 0.122 e. The molecule has 5 nitrogen and oxygen atoms in total. The van der Waals surface area contributed by atoms with E-state index in [9.17, 15) is 0 Å². The minimum Gasteiger partial charge on any atom is -0.468 e. The second-order valence-electron chi connectivity index (χ2n) is 6.90. The van der Waals surface area contributed by atoms with Gasteiger partial charge in [-0.1, -0.05) is 24.3 Å². The number of hydrogen-bond acceptors (Lipinski definition) is 4. The lowest BCUT2D eigenvalue weighted by Gasteiger charge is -2.22. The van der Waals surface area contributed by atoms with E-state index in [-0.39, 0.29) is 6.04 Å². The molecule has 2 heterocycles. The number of likely N-dealkylation sites (N-methyl/N-ethyl adjacent to an activating group) is 1. The van der Waals surface area contributed by atoms with Crippen LogP contribution in [0, 0.1) is 0 Å². The zero-order chi connectivity index (χ0) is 18.6. The highest BCUT2D eigenvalue weighted by Gasteiger charge is 2.16. The Bertz CT molecular complexity index is 987. The van der Waals surface area contributed by atoms with Crippen molar-refractivity contribution in [3.63, 3.8) is 0 Å². The van der Waals surface area contributed by atoms with E-state index in [2.05, 4.69) is 64.2 Å². The molecule has 0 radical (unpaired) electrons. The molecule has 1 atom stereocenters. The van der Waals surface area contributed by atoms with Crippen molar-refractivity contribution in [3.8, 4) is 5.69 Å². The standard InChI is InChI=1S/C22H24N4O/c1-25(2)21(22-8-5-13-27-22)15-23-14-17-9-11-18(12-10-17)26-16-24-19-6-3-4-7-20(19)26/h3-13,16,21,23H,14-15H2,1-2H3. The molecule has 0 amide bonds. The second-order valence-corrected chi connectivity index (χ2v) is 6.90. The number of rotatable bonds is 7. The van der Waals surface area contributed by atoms with Gasteiger partial charge in [0.15, 0.2) is 0 Å². The first-order chi connectivity index (χ1) is 13.2. The third kappa shape index (κ3) is 3.79. The normalized spacial score (nSPS) is 12.7. The Balaban J connectivity index is 1.41. The highest BCUT2D eigenvalue weighted by Crippen LogP contribution is 2.19. The minimum atomic E-state index is 0.219. The Kier molecular flexibility index (Phi) is 5.05. The van der Waals surface area contributed by atoms with Crippen LogP contribution in [0.4, 0.5) is 0 Å². The van der Waals surface area contributed by atoms with Crippen molar-refractivity contribution >= 4 is 11.0 Å². The molecule has 0 spiro atoms. The maximum Gasteiger partial charge on any atom is 0.122 e. The van der Waals surface area contributed by atoms with Crippen molar-refractivity contribution in [2.45, 2.75) is 12.6 Å². The first kappa shape index (κ1) is 17.5. The van der Waals surface area contributed by atoms with Crippen molar-refractivity contribution in [2.75, 3.05) is 20.6 Å². The van der Waals surface area contributed by atoms with Crippen molar-refractivity contribution in [2.24, 2.45) is 0 Å². The molecule has 0 aliphatic rings. The molecule has 2 aromatic heterocycles. The van der Waals surface area contributed by atoms with Crippen molar-refractivity contribution in [3.05, 3.63) is 84.6 Å². The third-order valence-electron chi connectivity index (χ3n) is 4.83. The minimum absolute atomic E-state index is 0.219. The number of imidazole rings is 1. The third-order valence-corrected chi connectivity index (χ3v) is 4.83. The largest absolute Gasteiger partial charge is 0.468 e. The van der Waals surface area contributed by atoms with E-state index in [1.54, 1.807) is 6.26 Å². The first-order valence-corrected chi connectivity index (χ1v) is 9.14. The Hall–Kier alpha value is -2.89. The molecule has 0 fully saturated rings. The van der Waals surface area contributed by atoms with Crippen molar-refractivity contribution < 1.29 is 4.42 Å². The number of aromatic nitrogens is 2. The Morgan fingerprint density at radius 2 is 1.85 bits per heavy atom. The Labute approximate surface area is 159 Å². The van der Waals surface area contributed by atoms with Gasteiger partial charge in [-0.3, -0.25) is 9.47 Å². The number of nitrogens with one attached hydrogen (secondary N) is 1. The van der Waals surface area contributed by atoms with Crippen molar-refractivity contribution in [1.82, 2.24) is 19.8 Å². The number of fused-ring (bicyclic) bond motifs is 1. The van der Waals surface area contributed by atoms with Crippen LogP contribution in [0.15, 0.2) is 77.7 Å². The average Bonchev–Trinajstić information content (AvgIpc) is 3.35. The van der Waals surface area contributed by atoms with Crippen LogP contribution in [0.25, 0.3) is 16.7 Å². The average molecular weight is 360 g/mol. The van der Waals surface area contributed by atoms with Gasteiger partial charge < -0.3 is 9.73 Å². The summed E-state index contributed by atoms with van der Waals surface area (Å²) < 4.78 is 7.68. The Morgan fingerprint density at radius 3 is 2.59 bits per heavy atom.